The van der Waals surface area contributed by atoms with Gasteiger partial charge in [-0.05, 0) is 75.1 Å². The van der Waals surface area contributed by atoms with Gasteiger partial charge in [-0.3, -0.25) is 4.79 Å². The fourth-order valence-electron chi connectivity index (χ4n) is 5.42. The van der Waals surface area contributed by atoms with Crippen LogP contribution in [0.1, 0.15) is 63.9 Å². The molecule has 202 valence electrons. The van der Waals surface area contributed by atoms with Gasteiger partial charge in [0.1, 0.15) is 11.9 Å². The number of carbonyl (C=O) groups excluding carboxylic acids is 1. The molecule has 1 saturated carbocycles. The minimum atomic E-state index is -3.88. The summed E-state index contributed by atoms with van der Waals surface area (Å²) in [5.74, 6) is 0.0872. The second-order valence-corrected chi connectivity index (χ2v) is 12.6. The van der Waals surface area contributed by atoms with E-state index in [4.69, 9.17) is 27.9 Å². The topological polar surface area (TPSA) is 75.7 Å². The number of hydrogen-bond acceptors (Lipinski definition) is 5. The van der Waals surface area contributed by atoms with Crippen LogP contribution in [0.3, 0.4) is 0 Å². The van der Waals surface area contributed by atoms with Crippen LogP contribution in [-0.4, -0.2) is 44.5 Å². The molecule has 1 saturated heterocycles. The summed E-state index contributed by atoms with van der Waals surface area (Å²) in [4.78, 5) is 15.6. The van der Waals surface area contributed by atoms with Gasteiger partial charge in [0.2, 0.25) is 5.91 Å². The Hall–Kier alpha value is -1.80. The summed E-state index contributed by atoms with van der Waals surface area (Å²) < 4.78 is 34.5. The van der Waals surface area contributed by atoms with E-state index in [1.807, 2.05) is 18.2 Å². The van der Waals surface area contributed by atoms with Crippen molar-refractivity contribution in [1.82, 2.24) is 9.62 Å². The average molecular weight is 568 g/mol. The molecule has 4 rings (SSSR count). The van der Waals surface area contributed by atoms with Crippen LogP contribution in [-0.2, 0) is 21.2 Å². The zero-order chi connectivity index (χ0) is 26.4. The monoisotopic (exact) mass is 566 g/mol. The van der Waals surface area contributed by atoms with Crippen LogP contribution in [0.15, 0.2) is 47.4 Å². The number of hydrogen-bond donors (Lipinski definition) is 1. The van der Waals surface area contributed by atoms with Crippen molar-refractivity contribution in [3.05, 3.63) is 58.1 Å². The van der Waals surface area contributed by atoms with Crippen molar-refractivity contribution in [3.8, 4) is 5.75 Å². The number of piperidine rings is 1. The number of nitrogens with one attached hydrogen (secondary N) is 1. The Morgan fingerprint density at radius 1 is 1.00 bits per heavy atom. The lowest BCUT2D eigenvalue weighted by Crippen LogP contribution is -2.46. The number of aryl methyl sites for hydroxylation is 1. The van der Waals surface area contributed by atoms with Crippen molar-refractivity contribution in [3.63, 3.8) is 0 Å². The van der Waals surface area contributed by atoms with E-state index in [1.165, 1.54) is 0 Å². The van der Waals surface area contributed by atoms with Crippen LogP contribution in [0.4, 0.5) is 0 Å². The highest BCUT2D eigenvalue weighted by atomic mass is 35.5. The normalized spacial score (nSPS) is 21.5. The Bertz CT molecular complexity index is 1170. The second kappa shape index (κ2) is 12.8. The van der Waals surface area contributed by atoms with E-state index >= 15 is 0 Å². The largest absolute Gasteiger partial charge is 0.490 e. The van der Waals surface area contributed by atoms with Crippen LogP contribution in [0.25, 0.3) is 0 Å². The highest BCUT2D eigenvalue weighted by Crippen LogP contribution is 2.32. The summed E-state index contributed by atoms with van der Waals surface area (Å²) in [6.07, 6.45) is 7.74. The quantitative estimate of drug-likeness (QED) is 0.388. The lowest BCUT2D eigenvalue weighted by atomic mass is 9.84. The number of halogens is 2. The number of likely N-dealkylation sites (tertiary alicyclic amines) is 1. The zero-order valence-electron chi connectivity index (χ0n) is 21.3. The van der Waals surface area contributed by atoms with Crippen LogP contribution in [0, 0.1) is 5.92 Å². The summed E-state index contributed by atoms with van der Waals surface area (Å²) in [5, 5.41) is 1.01. The van der Waals surface area contributed by atoms with Crippen molar-refractivity contribution >= 4 is 39.1 Å². The van der Waals surface area contributed by atoms with Gasteiger partial charge in [-0.15, -0.1) is 0 Å². The minimum Gasteiger partial charge on any atom is -0.490 e. The molecular formula is C28H36Cl2N2O4S. The Morgan fingerprint density at radius 2 is 1.70 bits per heavy atom. The van der Waals surface area contributed by atoms with Gasteiger partial charge in [-0.1, -0.05) is 54.7 Å². The predicted molar refractivity (Wildman–Crippen MR) is 148 cm³/mol. The molecule has 1 N–H and O–H groups in total. The van der Waals surface area contributed by atoms with Crippen molar-refractivity contribution in [2.75, 3.05) is 13.1 Å². The molecule has 1 aliphatic carbocycles. The van der Waals surface area contributed by atoms with Crippen LogP contribution in [0.2, 0.25) is 10.0 Å². The molecule has 0 atom stereocenters. The maximum absolute atomic E-state index is 13.0. The molecule has 1 amide bonds. The van der Waals surface area contributed by atoms with Gasteiger partial charge in [-0.2, -0.15) is 0 Å². The number of ether oxygens (including phenoxy) is 1. The third kappa shape index (κ3) is 7.41. The number of rotatable bonds is 9. The molecule has 2 aromatic carbocycles. The second-order valence-electron chi connectivity index (χ2n) is 10.1. The molecule has 2 aliphatic rings. The molecule has 1 heterocycles. The number of unbranched alkanes of at least 4 members (excludes halogenated alkanes) is 1. The summed E-state index contributed by atoms with van der Waals surface area (Å²) in [6, 6.07) is 12.7. The van der Waals surface area contributed by atoms with E-state index < -0.39 is 10.0 Å². The number of nitrogens with zero attached hydrogens (tertiary/aromatic N) is 1. The molecule has 0 spiro atoms. The molecule has 9 heteroatoms. The third-order valence-corrected chi connectivity index (χ3v) is 9.74. The van der Waals surface area contributed by atoms with E-state index in [0.717, 1.165) is 62.9 Å². The molecule has 0 aromatic heterocycles. The Kier molecular flexibility index (Phi) is 9.79. The lowest BCUT2D eigenvalue weighted by molar-refractivity contribution is -0.124. The molecule has 1 aliphatic heterocycles. The van der Waals surface area contributed by atoms with Gasteiger partial charge in [0.25, 0.3) is 10.0 Å². The molecule has 2 aromatic rings. The number of carbonyl (C=O) groups is 1. The van der Waals surface area contributed by atoms with Crippen molar-refractivity contribution in [2.24, 2.45) is 5.92 Å². The molecule has 37 heavy (non-hydrogen) atoms. The van der Waals surface area contributed by atoms with Crippen LogP contribution < -0.4 is 9.46 Å². The predicted octanol–water partition coefficient (Wildman–Crippen LogP) is 6.24. The third-order valence-electron chi connectivity index (χ3n) is 7.55. The van der Waals surface area contributed by atoms with E-state index in [2.05, 4.69) is 16.5 Å². The Labute approximate surface area is 230 Å². The van der Waals surface area contributed by atoms with Gasteiger partial charge >= 0.3 is 0 Å². The van der Waals surface area contributed by atoms with E-state index in [9.17, 15) is 13.2 Å². The molecule has 0 bridgehead atoms. The lowest BCUT2D eigenvalue weighted by Gasteiger charge is -2.40. The van der Waals surface area contributed by atoms with Crippen molar-refractivity contribution in [2.45, 2.75) is 81.8 Å². The minimum absolute atomic E-state index is 0.140. The van der Waals surface area contributed by atoms with Gasteiger partial charge in [-0.25, -0.2) is 13.1 Å². The Morgan fingerprint density at radius 3 is 2.38 bits per heavy atom. The molecule has 2 fully saturated rings. The van der Waals surface area contributed by atoms with Gasteiger partial charge in [0.05, 0.1) is 14.9 Å². The average Bonchev–Trinajstić information content (AvgIpc) is 2.90. The highest BCUT2D eigenvalue weighted by Gasteiger charge is 2.33. The standard InChI is InChI=1S/C28H36Cl2N2O4S/c1-2-3-6-20-7-4-5-8-27(20)37(34,35)31-28(33)21-9-11-22(12-10-21)32-17-15-23(16-18-32)36-24-13-14-25(29)26(30)19-24/h4-5,7-8,13-14,19,21-23H,2-3,6,9-12,15-18H2,1H3,(H,31,33). The van der Waals surface area contributed by atoms with Gasteiger partial charge in [0, 0.05) is 31.1 Å². The highest BCUT2D eigenvalue weighted by molar-refractivity contribution is 7.90. The van der Waals surface area contributed by atoms with Gasteiger partial charge in [0.15, 0.2) is 0 Å². The van der Waals surface area contributed by atoms with Crippen molar-refractivity contribution < 1.29 is 17.9 Å². The molecule has 6 nitrogen and oxygen atoms in total. The fourth-order valence-corrected chi connectivity index (χ4v) is 7.02. The summed E-state index contributed by atoms with van der Waals surface area (Å²) >= 11 is 12.1. The summed E-state index contributed by atoms with van der Waals surface area (Å²) in [7, 11) is -3.88. The van der Waals surface area contributed by atoms with Crippen molar-refractivity contribution in [1.29, 1.82) is 0 Å². The summed E-state index contributed by atoms with van der Waals surface area (Å²) in [5.41, 5.74) is 0.764. The first-order chi connectivity index (χ1) is 17.8. The van der Waals surface area contributed by atoms with Gasteiger partial charge < -0.3 is 9.64 Å². The summed E-state index contributed by atoms with van der Waals surface area (Å²) in [6.45, 7) is 3.95. The first-order valence-electron chi connectivity index (χ1n) is 13.3. The van der Waals surface area contributed by atoms with E-state index in [-0.39, 0.29) is 22.8 Å². The maximum Gasteiger partial charge on any atom is 0.264 e. The van der Waals surface area contributed by atoms with E-state index in [0.29, 0.717) is 35.3 Å². The number of amides is 1. The van der Waals surface area contributed by atoms with Crippen LogP contribution >= 0.6 is 23.2 Å². The molecule has 0 radical (unpaired) electrons. The first kappa shape index (κ1) is 28.2. The number of sulfonamides is 1. The Balaban J connectivity index is 1.24. The molecular weight excluding hydrogens is 531 g/mol. The van der Waals surface area contributed by atoms with E-state index in [1.54, 1.807) is 24.3 Å². The smallest absolute Gasteiger partial charge is 0.264 e. The van der Waals surface area contributed by atoms with Crippen LogP contribution in [0.5, 0.6) is 5.75 Å². The molecule has 0 unspecified atom stereocenters. The fraction of sp³-hybridized carbons (Fsp3) is 0.536. The first-order valence-corrected chi connectivity index (χ1v) is 15.5. The number of benzene rings is 2. The SMILES string of the molecule is CCCCc1ccccc1S(=O)(=O)NC(=O)C1CCC(N2CCC(Oc3ccc(Cl)c(Cl)c3)CC2)CC1. The zero-order valence-corrected chi connectivity index (χ0v) is 23.6. The maximum atomic E-state index is 13.0.